The minimum absolute atomic E-state index is 0.106. The summed E-state index contributed by atoms with van der Waals surface area (Å²) in [5.74, 6) is 0.215. The fraction of sp³-hybridized carbons (Fsp3) is 0.474. The number of aromatic amines is 1. The van der Waals surface area contributed by atoms with Crippen molar-refractivity contribution in [1.82, 2.24) is 20.3 Å². The molecule has 1 fully saturated rings. The molecule has 7 heteroatoms. The Kier molecular flexibility index (Phi) is 5.78. The van der Waals surface area contributed by atoms with E-state index in [1.54, 1.807) is 18.5 Å². The normalized spacial score (nSPS) is 19.7. The third kappa shape index (κ3) is 4.76. The summed E-state index contributed by atoms with van der Waals surface area (Å²) in [6.45, 7) is 5.16. The molecule has 7 nitrogen and oxygen atoms in total. The molecule has 0 unspecified atom stereocenters. The van der Waals surface area contributed by atoms with Gasteiger partial charge in [0.1, 0.15) is 5.69 Å². The number of nitrogens with zero attached hydrogens (tertiary/aromatic N) is 2. The average molecular weight is 356 g/mol. The molecule has 3 heterocycles. The van der Waals surface area contributed by atoms with Crippen LogP contribution in [0.25, 0.3) is 0 Å². The number of H-pyrrole nitrogens is 1. The predicted molar refractivity (Wildman–Crippen MR) is 96.9 cm³/mol. The fourth-order valence-corrected chi connectivity index (χ4v) is 3.20. The average Bonchev–Trinajstić information content (AvgIpc) is 3.01. The molecule has 138 valence electrons. The second-order valence-corrected chi connectivity index (χ2v) is 7.13. The molecule has 1 saturated heterocycles. The number of hydrogen-bond donors (Lipinski definition) is 2. The van der Waals surface area contributed by atoms with Crippen LogP contribution >= 0.6 is 0 Å². The van der Waals surface area contributed by atoms with Gasteiger partial charge in [0.2, 0.25) is 0 Å². The quantitative estimate of drug-likeness (QED) is 0.814. The van der Waals surface area contributed by atoms with E-state index < -0.39 is 5.69 Å². The van der Waals surface area contributed by atoms with E-state index in [0.717, 1.165) is 17.7 Å². The Labute approximate surface area is 152 Å². The molecule has 2 aromatic rings. The van der Waals surface area contributed by atoms with E-state index in [2.05, 4.69) is 34.1 Å². The van der Waals surface area contributed by atoms with Crippen molar-refractivity contribution in [2.75, 3.05) is 13.2 Å². The van der Waals surface area contributed by atoms with Gasteiger partial charge in [-0.05, 0) is 42.5 Å². The van der Waals surface area contributed by atoms with Crippen LogP contribution in [0.2, 0.25) is 0 Å². The molecule has 2 N–H and O–H groups in total. The molecule has 26 heavy (non-hydrogen) atoms. The van der Waals surface area contributed by atoms with E-state index in [-0.39, 0.29) is 23.6 Å². The van der Waals surface area contributed by atoms with Gasteiger partial charge in [0.15, 0.2) is 0 Å². The first kappa shape index (κ1) is 18.3. The molecule has 2 aromatic heterocycles. The molecule has 0 radical (unpaired) electrons. The zero-order valence-corrected chi connectivity index (χ0v) is 15.1. The molecule has 2 atom stereocenters. The van der Waals surface area contributed by atoms with Gasteiger partial charge in [-0.3, -0.25) is 9.78 Å². The molecule has 0 bridgehead atoms. The van der Waals surface area contributed by atoms with E-state index in [1.165, 1.54) is 0 Å². The first-order valence-corrected chi connectivity index (χ1v) is 8.89. The van der Waals surface area contributed by atoms with Crippen LogP contribution < -0.4 is 11.0 Å². The van der Waals surface area contributed by atoms with Crippen molar-refractivity contribution in [3.8, 4) is 0 Å². The van der Waals surface area contributed by atoms with Gasteiger partial charge in [-0.1, -0.05) is 13.8 Å². The summed E-state index contributed by atoms with van der Waals surface area (Å²) in [6, 6.07) is 5.48. The highest BCUT2D eigenvalue weighted by Gasteiger charge is 2.30. The minimum Gasteiger partial charge on any atom is -0.379 e. The topological polar surface area (TPSA) is 97.0 Å². The Hall–Kier alpha value is -2.54. The number of hydrogen-bond acceptors (Lipinski definition) is 5. The second kappa shape index (κ2) is 8.23. The lowest BCUT2D eigenvalue weighted by atomic mass is 9.95. The maximum absolute atomic E-state index is 12.6. The highest BCUT2D eigenvalue weighted by atomic mass is 16.5. The number of ether oxygens (including phenoxy) is 1. The Morgan fingerprint density at radius 2 is 2.12 bits per heavy atom. The van der Waals surface area contributed by atoms with Gasteiger partial charge in [0.25, 0.3) is 5.91 Å². The van der Waals surface area contributed by atoms with E-state index in [0.29, 0.717) is 25.6 Å². The van der Waals surface area contributed by atoms with Gasteiger partial charge in [0, 0.05) is 24.0 Å². The lowest BCUT2D eigenvalue weighted by Gasteiger charge is -2.19. The Bertz CT molecular complexity index is 804. The maximum atomic E-state index is 12.6. The van der Waals surface area contributed by atoms with Crippen LogP contribution in [0.3, 0.4) is 0 Å². The number of aromatic nitrogens is 3. The summed E-state index contributed by atoms with van der Waals surface area (Å²) >= 11 is 0. The van der Waals surface area contributed by atoms with Crippen molar-refractivity contribution >= 4 is 5.91 Å². The van der Waals surface area contributed by atoms with Crippen LogP contribution in [-0.4, -0.2) is 40.1 Å². The maximum Gasteiger partial charge on any atom is 0.345 e. The summed E-state index contributed by atoms with van der Waals surface area (Å²) in [4.78, 5) is 34.9. The van der Waals surface area contributed by atoms with Gasteiger partial charge >= 0.3 is 5.69 Å². The molecular formula is C19H24N4O3. The number of pyridine rings is 1. The van der Waals surface area contributed by atoms with Crippen molar-refractivity contribution in [2.24, 2.45) is 11.8 Å². The highest BCUT2D eigenvalue weighted by Crippen LogP contribution is 2.19. The lowest BCUT2D eigenvalue weighted by Crippen LogP contribution is -2.41. The van der Waals surface area contributed by atoms with E-state index in [9.17, 15) is 9.59 Å². The van der Waals surface area contributed by atoms with Crippen LogP contribution in [0.1, 0.15) is 35.6 Å². The smallest absolute Gasteiger partial charge is 0.345 e. The van der Waals surface area contributed by atoms with Crippen LogP contribution in [0, 0.1) is 11.8 Å². The molecule has 3 rings (SSSR count). The van der Waals surface area contributed by atoms with Gasteiger partial charge in [-0.25, -0.2) is 4.79 Å². The van der Waals surface area contributed by atoms with Crippen molar-refractivity contribution in [1.29, 1.82) is 0 Å². The first-order chi connectivity index (χ1) is 12.5. The third-order valence-electron chi connectivity index (χ3n) is 4.42. The van der Waals surface area contributed by atoms with E-state index >= 15 is 0 Å². The van der Waals surface area contributed by atoms with E-state index in [4.69, 9.17) is 4.74 Å². The zero-order chi connectivity index (χ0) is 18.5. The van der Waals surface area contributed by atoms with Gasteiger partial charge < -0.3 is 15.0 Å². The van der Waals surface area contributed by atoms with E-state index in [1.807, 2.05) is 12.1 Å². The van der Waals surface area contributed by atoms with Crippen molar-refractivity contribution in [2.45, 2.75) is 32.7 Å². The standard InChI is InChI=1S/C19H24N4O3/c1-12(2)7-15-9-16(23-19(25)21-15)18(24)22-17-11-26-10-14(17)8-13-3-5-20-6-4-13/h3-6,9,12,14,17H,7-8,10-11H2,1-2H3,(H,22,24)(H,21,23,25)/t14-,17+/m1/s1. The lowest BCUT2D eigenvalue weighted by molar-refractivity contribution is 0.0919. The van der Waals surface area contributed by atoms with Gasteiger partial charge in [-0.2, -0.15) is 4.98 Å². The molecular weight excluding hydrogens is 332 g/mol. The third-order valence-corrected chi connectivity index (χ3v) is 4.42. The summed E-state index contributed by atoms with van der Waals surface area (Å²) in [6.07, 6.45) is 5.01. The number of nitrogens with one attached hydrogen (secondary N) is 2. The van der Waals surface area contributed by atoms with Crippen LogP contribution in [-0.2, 0) is 17.6 Å². The Balaban J connectivity index is 1.68. The first-order valence-electron chi connectivity index (χ1n) is 8.89. The Morgan fingerprint density at radius 3 is 2.85 bits per heavy atom. The molecule has 0 saturated carbocycles. The van der Waals surface area contributed by atoms with Crippen LogP contribution in [0.15, 0.2) is 35.4 Å². The molecule has 0 aliphatic carbocycles. The number of amides is 1. The Morgan fingerprint density at radius 1 is 1.35 bits per heavy atom. The van der Waals surface area contributed by atoms with Gasteiger partial charge in [0.05, 0.1) is 19.3 Å². The number of carbonyl (C=O) groups excluding carboxylic acids is 1. The summed E-state index contributed by atoms with van der Waals surface area (Å²) < 4.78 is 5.56. The van der Waals surface area contributed by atoms with Crippen molar-refractivity contribution in [3.63, 3.8) is 0 Å². The van der Waals surface area contributed by atoms with Crippen molar-refractivity contribution < 1.29 is 9.53 Å². The summed E-state index contributed by atoms with van der Waals surface area (Å²) in [7, 11) is 0. The molecule has 0 aromatic carbocycles. The molecule has 1 aliphatic heterocycles. The summed E-state index contributed by atoms with van der Waals surface area (Å²) in [5.41, 5.74) is 1.53. The monoisotopic (exact) mass is 356 g/mol. The second-order valence-electron chi connectivity index (χ2n) is 7.13. The number of rotatable bonds is 6. The van der Waals surface area contributed by atoms with Crippen molar-refractivity contribution in [3.05, 3.63) is 58.0 Å². The predicted octanol–water partition coefficient (Wildman–Crippen LogP) is 1.35. The fourth-order valence-electron chi connectivity index (χ4n) is 3.20. The SMILES string of the molecule is CC(C)Cc1cc(C(=O)N[C@H]2COC[C@H]2Cc2ccncc2)nc(=O)[nH]1. The molecule has 0 spiro atoms. The number of carbonyl (C=O) groups is 1. The minimum atomic E-state index is -0.496. The van der Waals surface area contributed by atoms with Crippen LogP contribution in [0.5, 0.6) is 0 Å². The highest BCUT2D eigenvalue weighted by molar-refractivity contribution is 5.92. The molecule has 1 aliphatic rings. The zero-order valence-electron chi connectivity index (χ0n) is 15.1. The largest absolute Gasteiger partial charge is 0.379 e. The molecule has 1 amide bonds. The summed E-state index contributed by atoms with van der Waals surface area (Å²) in [5, 5.41) is 2.98. The van der Waals surface area contributed by atoms with Gasteiger partial charge in [-0.15, -0.1) is 0 Å². The van der Waals surface area contributed by atoms with Crippen LogP contribution in [0.4, 0.5) is 0 Å².